The molecule has 0 saturated heterocycles. The molecule has 1 heterocycles. The molecular weight excluding hydrogens is 210 g/mol. The van der Waals surface area contributed by atoms with Crippen molar-refractivity contribution >= 4 is 10.9 Å². The lowest BCUT2D eigenvalue weighted by Crippen LogP contribution is -2.17. The number of hydrogen-bond acceptors (Lipinski definition) is 1. The maximum absolute atomic E-state index is 9.60. The second kappa shape index (κ2) is 4.19. The van der Waals surface area contributed by atoms with E-state index in [4.69, 9.17) is 0 Å². The molecule has 0 aliphatic heterocycles. The van der Waals surface area contributed by atoms with E-state index in [1.807, 2.05) is 0 Å². The molecule has 0 radical (unpaired) electrons. The third kappa shape index (κ3) is 1.87. The summed E-state index contributed by atoms with van der Waals surface area (Å²) in [6.45, 7) is 2.17. The Morgan fingerprint density at radius 2 is 1.82 bits per heavy atom. The first-order valence-corrected chi connectivity index (χ1v) is 6.51. The maximum Gasteiger partial charge on any atom is 0.0540 e. The second-order valence-corrected chi connectivity index (χ2v) is 5.21. The van der Waals surface area contributed by atoms with E-state index in [9.17, 15) is 5.11 Å². The lowest BCUT2D eigenvalue weighted by molar-refractivity contribution is 0.122. The number of nitrogens with one attached hydrogen (secondary N) is 1. The zero-order valence-corrected chi connectivity index (χ0v) is 10.2. The molecule has 0 atom stereocenters. The number of aromatic amines is 1. The molecule has 1 saturated carbocycles. The molecule has 3 rings (SSSR count). The summed E-state index contributed by atoms with van der Waals surface area (Å²) in [6.07, 6.45) is 4.05. The van der Waals surface area contributed by atoms with Gasteiger partial charge >= 0.3 is 0 Å². The van der Waals surface area contributed by atoms with Crippen molar-refractivity contribution in [1.82, 2.24) is 4.98 Å². The molecule has 2 nitrogen and oxygen atoms in total. The fraction of sp³-hybridized carbons (Fsp3) is 0.467. The lowest BCUT2D eigenvalue weighted by Gasteiger charge is -2.25. The Balaban J connectivity index is 2.02. The highest BCUT2D eigenvalue weighted by Gasteiger charge is 2.24. The SMILES string of the molecule is Cc1[nH]c2ccccc2c1C1CCC(O)CC1. The third-order valence-corrected chi connectivity index (χ3v) is 4.05. The van der Waals surface area contributed by atoms with Crippen LogP contribution in [0.4, 0.5) is 0 Å². The number of aliphatic hydroxyl groups excluding tert-OH is 1. The molecular formula is C15H19NO. The first-order valence-electron chi connectivity index (χ1n) is 6.51. The number of para-hydroxylation sites is 1. The minimum atomic E-state index is -0.0724. The number of rotatable bonds is 1. The summed E-state index contributed by atoms with van der Waals surface area (Å²) >= 11 is 0. The molecule has 2 heteroatoms. The first-order chi connectivity index (χ1) is 8.25. The summed E-state index contributed by atoms with van der Waals surface area (Å²) in [5.74, 6) is 0.620. The van der Waals surface area contributed by atoms with Crippen molar-refractivity contribution in [2.45, 2.75) is 44.6 Å². The van der Waals surface area contributed by atoms with Crippen LogP contribution in [0.5, 0.6) is 0 Å². The van der Waals surface area contributed by atoms with Crippen molar-refractivity contribution in [2.75, 3.05) is 0 Å². The standard InChI is InChI=1S/C15H19NO/c1-10-15(11-6-8-12(17)9-7-11)13-4-2-3-5-14(13)16-10/h2-5,11-12,16-17H,6-9H2,1H3. The maximum atomic E-state index is 9.60. The Hall–Kier alpha value is -1.28. The summed E-state index contributed by atoms with van der Waals surface area (Å²) in [5.41, 5.74) is 4.02. The number of fused-ring (bicyclic) bond motifs is 1. The van der Waals surface area contributed by atoms with Crippen molar-refractivity contribution in [3.8, 4) is 0 Å². The van der Waals surface area contributed by atoms with Crippen LogP contribution in [-0.2, 0) is 0 Å². The van der Waals surface area contributed by atoms with Gasteiger partial charge in [0.15, 0.2) is 0 Å². The average molecular weight is 229 g/mol. The summed E-state index contributed by atoms with van der Waals surface area (Å²) in [4.78, 5) is 3.47. The van der Waals surface area contributed by atoms with Crippen LogP contribution in [-0.4, -0.2) is 16.2 Å². The quantitative estimate of drug-likeness (QED) is 0.771. The van der Waals surface area contributed by atoms with Crippen molar-refractivity contribution in [2.24, 2.45) is 0 Å². The molecule has 1 fully saturated rings. The Bertz CT molecular complexity index is 521. The van der Waals surface area contributed by atoms with Crippen LogP contribution in [0, 0.1) is 6.92 Å². The van der Waals surface area contributed by atoms with E-state index in [0.717, 1.165) is 25.7 Å². The van der Waals surface area contributed by atoms with Gasteiger partial charge in [-0.15, -0.1) is 0 Å². The lowest BCUT2D eigenvalue weighted by atomic mass is 9.81. The van der Waals surface area contributed by atoms with Crippen LogP contribution in [0.3, 0.4) is 0 Å². The van der Waals surface area contributed by atoms with Crippen molar-refractivity contribution in [3.63, 3.8) is 0 Å². The van der Waals surface area contributed by atoms with Gasteiger partial charge in [0.2, 0.25) is 0 Å². The molecule has 2 aromatic rings. The van der Waals surface area contributed by atoms with Gasteiger partial charge in [0.05, 0.1) is 6.10 Å². The number of hydrogen-bond donors (Lipinski definition) is 2. The number of benzene rings is 1. The van der Waals surface area contributed by atoms with Crippen LogP contribution >= 0.6 is 0 Å². The zero-order chi connectivity index (χ0) is 11.8. The summed E-state index contributed by atoms with van der Waals surface area (Å²) in [5, 5.41) is 11.0. The highest BCUT2D eigenvalue weighted by Crippen LogP contribution is 2.38. The molecule has 0 unspecified atom stereocenters. The van der Waals surface area contributed by atoms with Crippen molar-refractivity contribution in [3.05, 3.63) is 35.5 Å². The first kappa shape index (κ1) is 10.8. The minimum Gasteiger partial charge on any atom is -0.393 e. The normalized spacial score (nSPS) is 25.3. The van der Waals surface area contributed by atoms with E-state index in [1.165, 1.54) is 22.2 Å². The monoisotopic (exact) mass is 229 g/mol. The van der Waals surface area contributed by atoms with Gasteiger partial charge in [0, 0.05) is 16.6 Å². The Labute approximate surface area is 102 Å². The topological polar surface area (TPSA) is 36.0 Å². The summed E-state index contributed by atoms with van der Waals surface area (Å²) < 4.78 is 0. The molecule has 17 heavy (non-hydrogen) atoms. The van der Waals surface area contributed by atoms with Gasteiger partial charge in [-0.25, -0.2) is 0 Å². The number of aliphatic hydroxyl groups is 1. The van der Waals surface area contributed by atoms with E-state index in [0.29, 0.717) is 5.92 Å². The predicted molar refractivity (Wildman–Crippen MR) is 70.3 cm³/mol. The van der Waals surface area contributed by atoms with E-state index in [-0.39, 0.29) is 6.10 Å². The van der Waals surface area contributed by atoms with Gasteiger partial charge in [0.25, 0.3) is 0 Å². The largest absolute Gasteiger partial charge is 0.393 e. The number of aryl methyl sites for hydroxylation is 1. The molecule has 0 amide bonds. The van der Waals surface area contributed by atoms with Gasteiger partial charge in [-0.3, -0.25) is 0 Å². The van der Waals surface area contributed by atoms with Crippen LogP contribution in [0.2, 0.25) is 0 Å². The summed E-state index contributed by atoms with van der Waals surface area (Å²) in [6, 6.07) is 8.53. The minimum absolute atomic E-state index is 0.0724. The second-order valence-electron chi connectivity index (χ2n) is 5.21. The fourth-order valence-corrected chi connectivity index (χ4v) is 3.19. The molecule has 90 valence electrons. The molecule has 1 aromatic carbocycles. The zero-order valence-electron chi connectivity index (χ0n) is 10.2. The van der Waals surface area contributed by atoms with E-state index in [1.54, 1.807) is 0 Å². The highest BCUT2D eigenvalue weighted by atomic mass is 16.3. The molecule has 1 aliphatic carbocycles. The van der Waals surface area contributed by atoms with Crippen LogP contribution in [0.25, 0.3) is 10.9 Å². The van der Waals surface area contributed by atoms with Crippen LogP contribution in [0.1, 0.15) is 42.9 Å². The fourth-order valence-electron chi connectivity index (χ4n) is 3.19. The average Bonchev–Trinajstić information content (AvgIpc) is 2.66. The van der Waals surface area contributed by atoms with Gasteiger partial charge in [-0.05, 0) is 50.2 Å². The van der Waals surface area contributed by atoms with Crippen LogP contribution in [0.15, 0.2) is 24.3 Å². The molecule has 1 aliphatic rings. The van der Waals surface area contributed by atoms with Gasteiger partial charge < -0.3 is 10.1 Å². The van der Waals surface area contributed by atoms with Crippen molar-refractivity contribution < 1.29 is 5.11 Å². The molecule has 1 aromatic heterocycles. The third-order valence-electron chi connectivity index (χ3n) is 4.05. The Morgan fingerprint density at radius 3 is 2.59 bits per heavy atom. The van der Waals surface area contributed by atoms with E-state index in [2.05, 4.69) is 36.2 Å². The molecule has 0 bridgehead atoms. The predicted octanol–water partition coefficient (Wildman–Crippen LogP) is 3.49. The summed E-state index contributed by atoms with van der Waals surface area (Å²) in [7, 11) is 0. The Morgan fingerprint density at radius 1 is 1.12 bits per heavy atom. The number of H-pyrrole nitrogens is 1. The van der Waals surface area contributed by atoms with Crippen molar-refractivity contribution in [1.29, 1.82) is 0 Å². The Kier molecular flexibility index (Phi) is 2.67. The van der Waals surface area contributed by atoms with E-state index < -0.39 is 0 Å². The molecule has 0 spiro atoms. The highest BCUT2D eigenvalue weighted by molar-refractivity contribution is 5.85. The van der Waals surface area contributed by atoms with E-state index >= 15 is 0 Å². The van der Waals surface area contributed by atoms with Crippen LogP contribution < -0.4 is 0 Å². The molecule has 2 N–H and O–H groups in total. The van der Waals surface area contributed by atoms with Gasteiger partial charge in [-0.2, -0.15) is 0 Å². The van der Waals surface area contributed by atoms with Gasteiger partial charge in [-0.1, -0.05) is 18.2 Å². The number of aromatic nitrogens is 1. The van der Waals surface area contributed by atoms with Gasteiger partial charge in [0.1, 0.15) is 0 Å². The smallest absolute Gasteiger partial charge is 0.0540 e.